The molecule has 1 unspecified atom stereocenters. The van der Waals surface area contributed by atoms with Crippen molar-refractivity contribution in [2.75, 3.05) is 13.7 Å². The van der Waals surface area contributed by atoms with Gasteiger partial charge < -0.3 is 25.0 Å². The maximum absolute atomic E-state index is 12.4. The van der Waals surface area contributed by atoms with Gasteiger partial charge in [-0.15, -0.1) is 0 Å². The van der Waals surface area contributed by atoms with Crippen LogP contribution in [0.2, 0.25) is 0 Å². The SMILES string of the molecule is CC[C@H]1[C@@H](O)[C@@H]2[C@H](CC[C@]3(C)C([C@H](C)CCOC(=O)N[C@H](C(=O)OC)C(C)C)CC[C@@H]23)[C@@]2(C)CC[C@@H](O)C[C@@H]12. The third kappa shape index (κ3) is 5.48. The van der Waals surface area contributed by atoms with Gasteiger partial charge in [-0.25, -0.2) is 9.59 Å². The highest BCUT2D eigenvalue weighted by atomic mass is 16.6. The fourth-order valence-corrected chi connectivity index (χ4v) is 10.3. The van der Waals surface area contributed by atoms with Crippen LogP contribution >= 0.6 is 0 Å². The molecule has 0 heterocycles. The minimum atomic E-state index is -0.715. The van der Waals surface area contributed by atoms with E-state index in [0.717, 1.165) is 38.5 Å². The second-order valence-corrected chi connectivity index (χ2v) is 14.4. The lowest BCUT2D eigenvalue weighted by Gasteiger charge is -2.64. The number of carbonyl (C=O) groups is 2. The van der Waals surface area contributed by atoms with E-state index in [9.17, 15) is 19.8 Å². The second kappa shape index (κ2) is 11.9. The van der Waals surface area contributed by atoms with Crippen LogP contribution in [0, 0.1) is 58.2 Å². The molecule has 0 aliphatic heterocycles. The van der Waals surface area contributed by atoms with Gasteiger partial charge in [0.1, 0.15) is 6.04 Å². The number of nitrogens with one attached hydrogen (secondary N) is 1. The van der Waals surface area contributed by atoms with Gasteiger partial charge in [-0.3, -0.25) is 0 Å². The number of alkyl carbamates (subject to hydrolysis) is 1. The molecule has 3 N–H and O–H groups in total. The predicted octanol–water partition coefficient (Wildman–Crippen LogP) is 5.56. The summed E-state index contributed by atoms with van der Waals surface area (Å²) >= 11 is 0. The van der Waals surface area contributed by atoms with Gasteiger partial charge in [-0.1, -0.05) is 48.0 Å². The molecule has 4 aliphatic rings. The van der Waals surface area contributed by atoms with Gasteiger partial charge in [0.05, 0.1) is 25.9 Å². The number of hydrogen-bond donors (Lipinski definition) is 3. The average molecular weight is 550 g/mol. The Balaban J connectivity index is 1.40. The zero-order valence-corrected chi connectivity index (χ0v) is 25.4. The van der Waals surface area contributed by atoms with Crippen molar-refractivity contribution in [1.29, 1.82) is 0 Å². The molecular weight excluding hydrogens is 494 g/mol. The van der Waals surface area contributed by atoms with Gasteiger partial charge in [0.25, 0.3) is 0 Å². The summed E-state index contributed by atoms with van der Waals surface area (Å²) in [6.45, 7) is 13.5. The van der Waals surface area contributed by atoms with E-state index in [4.69, 9.17) is 9.47 Å². The van der Waals surface area contributed by atoms with Gasteiger partial charge in [-0.05, 0) is 110 Å². The fourth-order valence-electron chi connectivity index (χ4n) is 10.3. The molecule has 39 heavy (non-hydrogen) atoms. The van der Waals surface area contributed by atoms with Gasteiger partial charge in [0.15, 0.2) is 0 Å². The van der Waals surface area contributed by atoms with E-state index in [2.05, 4.69) is 33.0 Å². The van der Waals surface area contributed by atoms with Gasteiger partial charge in [0.2, 0.25) is 0 Å². The normalized spacial score (nSPS) is 43.0. The summed E-state index contributed by atoms with van der Waals surface area (Å²) in [5.74, 6) is 2.49. The maximum Gasteiger partial charge on any atom is 0.407 e. The Kier molecular flexibility index (Phi) is 9.32. The average Bonchev–Trinajstić information content (AvgIpc) is 3.25. The van der Waals surface area contributed by atoms with Crippen molar-refractivity contribution in [3.8, 4) is 0 Å². The summed E-state index contributed by atoms with van der Waals surface area (Å²) in [5.41, 5.74) is 0.404. The lowest BCUT2D eigenvalue weighted by molar-refractivity contribution is -0.203. The zero-order chi connectivity index (χ0) is 28.7. The van der Waals surface area contributed by atoms with E-state index >= 15 is 0 Å². The second-order valence-electron chi connectivity index (χ2n) is 14.4. The number of hydrogen-bond acceptors (Lipinski definition) is 6. The van der Waals surface area contributed by atoms with Gasteiger partial charge in [0, 0.05) is 0 Å². The summed E-state index contributed by atoms with van der Waals surface area (Å²) in [4.78, 5) is 24.4. The van der Waals surface area contributed by atoms with Crippen molar-refractivity contribution < 1.29 is 29.3 Å². The van der Waals surface area contributed by atoms with E-state index in [0.29, 0.717) is 42.1 Å². The molecule has 224 valence electrons. The first-order valence-corrected chi connectivity index (χ1v) is 15.8. The van der Waals surface area contributed by atoms with Crippen molar-refractivity contribution >= 4 is 12.1 Å². The molecule has 4 rings (SSSR count). The number of esters is 1. The van der Waals surface area contributed by atoms with Crippen LogP contribution in [0.25, 0.3) is 0 Å². The van der Waals surface area contributed by atoms with Crippen LogP contribution in [0.3, 0.4) is 0 Å². The molecule has 0 aromatic rings. The van der Waals surface area contributed by atoms with Crippen LogP contribution in [0.15, 0.2) is 0 Å². The smallest absolute Gasteiger partial charge is 0.407 e. The minimum absolute atomic E-state index is 0.0897. The van der Waals surface area contributed by atoms with Crippen LogP contribution in [0.1, 0.15) is 99.3 Å². The van der Waals surface area contributed by atoms with Gasteiger partial charge in [-0.2, -0.15) is 0 Å². The Morgan fingerprint density at radius 3 is 2.28 bits per heavy atom. The van der Waals surface area contributed by atoms with E-state index in [1.54, 1.807) is 0 Å². The third-order valence-corrected chi connectivity index (χ3v) is 12.4. The van der Waals surface area contributed by atoms with Crippen LogP contribution in [-0.4, -0.2) is 54.2 Å². The van der Waals surface area contributed by atoms with E-state index in [-0.39, 0.29) is 34.9 Å². The lowest BCUT2D eigenvalue weighted by atomic mass is 9.41. The lowest BCUT2D eigenvalue weighted by Crippen LogP contribution is -2.62. The first-order valence-electron chi connectivity index (χ1n) is 15.8. The van der Waals surface area contributed by atoms with E-state index < -0.39 is 18.1 Å². The third-order valence-electron chi connectivity index (χ3n) is 12.4. The summed E-state index contributed by atoms with van der Waals surface area (Å²) in [5, 5.41) is 25.1. The molecule has 0 radical (unpaired) electrons. The molecular formula is C32H55NO6. The topological polar surface area (TPSA) is 105 Å². The Bertz CT molecular complexity index is 879. The molecule has 12 atom stereocenters. The highest BCUT2D eigenvalue weighted by Crippen LogP contribution is 2.69. The van der Waals surface area contributed by atoms with Crippen molar-refractivity contribution in [3.63, 3.8) is 0 Å². The number of amides is 1. The summed E-state index contributed by atoms with van der Waals surface area (Å²) in [6, 6.07) is -0.715. The Morgan fingerprint density at radius 2 is 1.64 bits per heavy atom. The van der Waals surface area contributed by atoms with E-state index in [1.807, 2.05) is 13.8 Å². The van der Waals surface area contributed by atoms with Crippen molar-refractivity contribution in [1.82, 2.24) is 5.32 Å². The number of aliphatic hydroxyl groups excluding tert-OH is 2. The van der Waals surface area contributed by atoms with Crippen molar-refractivity contribution in [3.05, 3.63) is 0 Å². The zero-order valence-electron chi connectivity index (χ0n) is 25.4. The first-order chi connectivity index (χ1) is 18.4. The molecule has 0 spiro atoms. The number of ether oxygens (including phenoxy) is 2. The largest absolute Gasteiger partial charge is 0.467 e. The van der Waals surface area contributed by atoms with Crippen LogP contribution < -0.4 is 5.32 Å². The Morgan fingerprint density at radius 1 is 0.974 bits per heavy atom. The summed E-state index contributed by atoms with van der Waals surface area (Å²) in [6.07, 6.45) is 8.22. The quantitative estimate of drug-likeness (QED) is 0.342. The summed E-state index contributed by atoms with van der Waals surface area (Å²) < 4.78 is 10.3. The summed E-state index contributed by atoms with van der Waals surface area (Å²) in [7, 11) is 1.32. The Hall–Kier alpha value is -1.34. The predicted molar refractivity (Wildman–Crippen MR) is 151 cm³/mol. The molecule has 4 aliphatic carbocycles. The number of fused-ring (bicyclic) bond motifs is 5. The molecule has 0 saturated heterocycles. The van der Waals surface area contributed by atoms with Crippen LogP contribution in [-0.2, 0) is 14.3 Å². The molecule has 1 amide bonds. The number of methoxy groups -OCH3 is 1. The highest BCUT2D eigenvalue weighted by molar-refractivity contribution is 5.81. The van der Waals surface area contributed by atoms with E-state index in [1.165, 1.54) is 26.4 Å². The maximum atomic E-state index is 12.4. The van der Waals surface area contributed by atoms with Gasteiger partial charge >= 0.3 is 12.1 Å². The van der Waals surface area contributed by atoms with Crippen molar-refractivity contribution in [2.24, 2.45) is 58.2 Å². The molecule has 7 nitrogen and oxygen atoms in total. The fraction of sp³-hybridized carbons (Fsp3) is 0.938. The molecule has 0 aromatic carbocycles. The standard InChI is InChI=1S/C32H55NO6/c1-8-21-25-17-20(34)11-14-32(25,6)24-12-15-31(5)22(9-10-23(31)26(24)28(21)35)19(4)13-16-39-30(37)33-27(18(2)3)29(36)38-7/h18-28,34-35H,8-17H2,1-7H3,(H,33,37)/t19-,20-,21-,22?,23+,24+,25+,26+,27+,28-,31-,32-/m1/s1. The first kappa shape index (κ1) is 30.6. The number of aliphatic hydroxyl groups is 2. The van der Waals surface area contributed by atoms with Crippen LogP contribution in [0.5, 0.6) is 0 Å². The molecule has 4 saturated carbocycles. The monoisotopic (exact) mass is 549 g/mol. The molecule has 4 fully saturated rings. The molecule has 0 aromatic heterocycles. The molecule has 0 bridgehead atoms. The van der Waals surface area contributed by atoms with Crippen molar-refractivity contribution in [2.45, 2.75) is 118 Å². The minimum Gasteiger partial charge on any atom is -0.467 e. The number of rotatable bonds is 8. The number of carbonyl (C=O) groups excluding carboxylic acids is 2. The molecule has 7 heteroatoms. The highest BCUT2D eigenvalue weighted by Gasteiger charge is 2.64. The van der Waals surface area contributed by atoms with Crippen LogP contribution in [0.4, 0.5) is 4.79 Å². The Labute approximate surface area is 236 Å².